The minimum atomic E-state index is -4.47. The molecule has 2 aliphatic rings. The van der Waals surface area contributed by atoms with Crippen molar-refractivity contribution in [2.24, 2.45) is 0 Å². The normalized spacial score (nSPS) is 17.9. The molecule has 0 bridgehead atoms. The van der Waals surface area contributed by atoms with Crippen molar-refractivity contribution < 1.29 is 22.6 Å². The summed E-state index contributed by atoms with van der Waals surface area (Å²) >= 11 is 0. The lowest BCUT2D eigenvalue weighted by Crippen LogP contribution is -2.47. The van der Waals surface area contributed by atoms with Crippen LogP contribution in [0.3, 0.4) is 0 Å². The molecule has 0 atom stereocenters. The van der Waals surface area contributed by atoms with Crippen LogP contribution in [0.1, 0.15) is 0 Å². The molecule has 0 N–H and O–H groups in total. The van der Waals surface area contributed by atoms with Crippen LogP contribution in [-0.4, -0.2) is 80.2 Å². The number of morpholine rings is 1. The Hall–Kier alpha value is -2.82. The number of para-hydroxylation sites is 1. The first-order chi connectivity index (χ1) is 14.5. The summed E-state index contributed by atoms with van der Waals surface area (Å²) < 4.78 is 48.0. The minimum absolute atomic E-state index is 0.311. The van der Waals surface area contributed by atoms with Gasteiger partial charge in [0.25, 0.3) is 0 Å². The lowest BCUT2D eigenvalue weighted by molar-refractivity contribution is -0.154. The molecule has 0 spiro atoms. The molecule has 11 heteroatoms. The molecule has 4 rings (SSSR count). The molecule has 8 nitrogen and oxygen atoms in total. The van der Waals surface area contributed by atoms with Gasteiger partial charge in [-0.05, 0) is 12.1 Å². The Morgan fingerprint density at radius 2 is 1.37 bits per heavy atom. The Kier molecular flexibility index (Phi) is 6.07. The van der Waals surface area contributed by atoms with Crippen LogP contribution in [0, 0.1) is 0 Å². The molecule has 1 aromatic heterocycles. The highest BCUT2D eigenvalue weighted by Crippen LogP contribution is 2.23. The van der Waals surface area contributed by atoms with Crippen LogP contribution >= 0.6 is 0 Å². The van der Waals surface area contributed by atoms with Gasteiger partial charge in [-0.25, -0.2) is 0 Å². The lowest BCUT2D eigenvalue weighted by atomic mass is 10.2. The van der Waals surface area contributed by atoms with E-state index in [9.17, 15) is 13.2 Å². The molecule has 3 heterocycles. The maximum absolute atomic E-state index is 12.6. The smallest absolute Gasteiger partial charge is 0.422 e. The summed E-state index contributed by atoms with van der Waals surface area (Å²) in [6.07, 6.45) is -4.47. The van der Waals surface area contributed by atoms with E-state index in [0.29, 0.717) is 51.3 Å². The minimum Gasteiger partial charge on any atom is -0.454 e. The van der Waals surface area contributed by atoms with Crippen LogP contribution in [-0.2, 0) is 4.74 Å². The predicted molar refractivity (Wildman–Crippen MR) is 105 cm³/mol. The average molecular weight is 424 g/mol. The van der Waals surface area contributed by atoms with Crippen LogP contribution in [0.15, 0.2) is 30.3 Å². The van der Waals surface area contributed by atoms with Crippen molar-refractivity contribution in [3.05, 3.63) is 30.3 Å². The van der Waals surface area contributed by atoms with Gasteiger partial charge in [-0.15, -0.1) is 0 Å². The third kappa shape index (κ3) is 5.21. The van der Waals surface area contributed by atoms with Gasteiger partial charge in [0.05, 0.1) is 13.2 Å². The summed E-state index contributed by atoms with van der Waals surface area (Å²) in [5.74, 6) is 0.641. The molecule has 0 unspecified atom stereocenters. The number of rotatable bonds is 5. The molecule has 1 aromatic carbocycles. The third-order valence-electron chi connectivity index (χ3n) is 4.93. The summed E-state index contributed by atoms with van der Waals surface area (Å²) in [7, 11) is 0. The van der Waals surface area contributed by atoms with Gasteiger partial charge in [-0.1, -0.05) is 18.2 Å². The monoisotopic (exact) mass is 424 g/mol. The summed E-state index contributed by atoms with van der Waals surface area (Å²) in [6, 6.07) is 9.75. The Bertz CT molecular complexity index is 825. The topological polar surface area (TPSA) is 66.9 Å². The van der Waals surface area contributed by atoms with Gasteiger partial charge in [-0.2, -0.15) is 28.1 Å². The van der Waals surface area contributed by atoms with Crippen molar-refractivity contribution in [2.75, 3.05) is 73.8 Å². The summed E-state index contributed by atoms with van der Waals surface area (Å²) in [5.41, 5.74) is 1.14. The number of anilines is 3. The van der Waals surface area contributed by atoms with Crippen molar-refractivity contribution in [3.63, 3.8) is 0 Å². The Labute approximate surface area is 172 Å². The Morgan fingerprint density at radius 1 is 0.800 bits per heavy atom. The van der Waals surface area contributed by atoms with Crippen molar-refractivity contribution >= 4 is 17.6 Å². The lowest BCUT2D eigenvalue weighted by Gasteiger charge is -2.36. The number of piperazine rings is 1. The van der Waals surface area contributed by atoms with Crippen molar-refractivity contribution in [1.29, 1.82) is 0 Å². The van der Waals surface area contributed by atoms with Gasteiger partial charge in [0.1, 0.15) is 0 Å². The SMILES string of the molecule is FC(F)(F)COc1nc(N2CCOCC2)nc(N2CCN(c3ccccc3)CC2)n1. The largest absolute Gasteiger partial charge is 0.454 e. The van der Waals surface area contributed by atoms with Gasteiger partial charge >= 0.3 is 12.2 Å². The third-order valence-corrected chi connectivity index (χ3v) is 4.93. The second kappa shape index (κ2) is 8.90. The number of hydrogen-bond donors (Lipinski definition) is 0. The van der Waals surface area contributed by atoms with E-state index in [0.717, 1.165) is 18.8 Å². The zero-order valence-corrected chi connectivity index (χ0v) is 16.4. The average Bonchev–Trinajstić information content (AvgIpc) is 2.78. The highest BCUT2D eigenvalue weighted by molar-refractivity contribution is 5.49. The predicted octanol–water partition coefficient (Wildman–Crippen LogP) is 1.98. The fraction of sp³-hybridized carbons (Fsp3) is 0.526. The van der Waals surface area contributed by atoms with E-state index in [1.54, 1.807) is 0 Å². The van der Waals surface area contributed by atoms with Crippen LogP contribution in [0.4, 0.5) is 30.8 Å². The fourth-order valence-corrected chi connectivity index (χ4v) is 3.40. The van der Waals surface area contributed by atoms with Crippen molar-refractivity contribution in [3.8, 4) is 6.01 Å². The summed E-state index contributed by atoms with van der Waals surface area (Å²) in [4.78, 5) is 18.9. The number of benzene rings is 1. The highest BCUT2D eigenvalue weighted by Gasteiger charge is 2.30. The summed E-state index contributed by atoms with van der Waals surface area (Å²) in [6.45, 7) is 3.47. The first kappa shape index (κ1) is 20.5. The number of alkyl halides is 3. The van der Waals surface area contributed by atoms with E-state index in [-0.39, 0.29) is 6.01 Å². The molecule has 30 heavy (non-hydrogen) atoms. The maximum atomic E-state index is 12.6. The molecular weight excluding hydrogens is 401 g/mol. The second-order valence-electron chi connectivity index (χ2n) is 7.03. The van der Waals surface area contributed by atoms with Crippen molar-refractivity contribution in [2.45, 2.75) is 6.18 Å². The van der Waals surface area contributed by atoms with E-state index in [4.69, 9.17) is 9.47 Å². The molecule has 2 aliphatic heterocycles. The number of hydrogen-bond acceptors (Lipinski definition) is 8. The molecule has 0 aliphatic carbocycles. The molecule has 162 valence electrons. The molecule has 2 fully saturated rings. The zero-order valence-electron chi connectivity index (χ0n) is 16.4. The van der Waals surface area contributed by atoms with E-state index < -0.39 is 12.8 Å². The van der Waals surface area contributed by atoms with Crippen LogP contribution in [0.5, 0.6) is 6.01 Å². The standard InChI is InChI=1S/C19H23F3N6O2/c20-19(21,22)14-30-18-24-16(23-17(25-18)28-10-12-29-13-11-28)27-8-6-26(7-9-27)15-4-2-1-3-5-15/h1-5H,6-14H2. The number of halogens is 3. The van der Waals surface area contributed by atoms with Gasteiger partial charge in [0.15, 0.2) is 6.61 Å². The first-order valence-corrected chi connectivity index (χ1v) is 9.81. The number of nitrogens with zero attached hydrogens (tertiary/aromatic N) is 6. The van der Waals surface area contributed by atoms with Gasteiger partial charge < -0.3 is 24.2 Å². The summed E-state index contributed by atoms with van der Waals surface area (Å²) in [5, 5.41) is 0. The fourth-order valence-electron chi connectivity index (χ4n) is 3.40. The molecule has 0 amide bonds. The Balaban J connectivity index is 1.51. The molecular formula is C19H23F3N6O2. The highest BCUT2D eigenvalue weighted by atomic mass is 19.4. The molecule has 2 aromatic rings. The van der Waals surface area contributed by atoms with Gasteiger partial charge in [-0.3, -0.25) is 0 Å². The van der Waals surface area contributed by atoms with E-state index in [1.807, 2.05) is 28.0 Å². The zero-order chi connectivity index (χ0) is 21.0. The van der Waals surface area contributed by atoms with E-state index in [1.165, 1.54) is 0 Å². The Morgan fingerprint density at radius 3 is 1.97 bits per heavy atom. The first-order valence-electron chi connectivity index (χ1n) is 9.81. The van der Waals surface area contributed by atoms with Crippen LogP contribution in [0.2, 0.25) is 0 Å². The van der Waals surface area contributed by atoms with E-state index >= 15 is 0 Å². The number of aromatic nitrogens is 3. The molecule has 2 saturated heterocycles. The number of ether oxygens (including phenoxy) is 2. The van der Waals surface area contributed by atoms with Gasteiger partial charge in [0, 0.05) is 45.0 Å². The van der Waals surface area contributed by atoms with Crippen LogP contribution in [0.25, 0.3) is 0 Å². The van der Waals surface area contributed by atoms with Gasteiger partial charge in [0.2, 0.25) is 11.9 Å². The maximum Gasteiger partial charge on any atom is 0.422 e. The van der Waals surface area contributed by atoms with Crippen LogP contribution < -0.4 is 19.4 Å². The van der Waals surface area contributed by atoms with E-state index in [2.05, 4.69) is 32.0 Å². The molecule has 0 saturated carbocycles. The molecule has 0 radical (unpaired) electrons. The van der Waals surface area contributed by atoms with Crippen molar-refractivity contribution in [1.82, 2.24) is 15.0 Å². The quantitative estimate of drug-likeness (QED) is 0.722. The second-order valence-corrected chi connectivity index (χ2v) is 7.03.